The maximum Gasteiger partial charge on any atom is 0.256 e. The van der Waals surface area contributed by atoms with E-state index < -0.39 is 5.82 Å². The van der Waals surface area contributed by atoms with Crippen LogP contribution in [0.3, 0.4) is 0 Å². The Hall–Kier alpha value is -1.62. The number of rotatable bonds is 1. The van der Waals surface area contributed by atoms with Crippen LogP contribution in [-0.2, 0) is 0 Å². The first-order chi connectivity index (χ1) is 10.1. The molecule has 1 aromatic rings. The highest BCUT2D eigenvalue weighted by atomic mass is 19.1. The third-order valence-corrected chi connectivity index (χ3v) is 4.82. The zero-order chi connectivity index (χ0) is 15.0. The second kappa shape index (κ2) is 5.64. The van der Waals surface area contributed by atoms with Crippen LogP contribution >= 0.6 is 0 Å². The van der Waals surface area contributed by atoms with E-state index >= 15 is 0 Å². The minimum Gasteiger partial charge on any atom is -0.508 e. The lowest BCUT2D eigenvalue weighted by molar-refractivity contribution is 0.0314. The van der Waals surface area contributed by atoms with Crippen LogP contribution in [0.25, 0.3) is 0 Å². The van der Waals surface area contributed by atoms with Crippen molar-refractivity contribution in [2.24, 2.45) is 5.92 Å². The number of halogens is 1. The van der Waals surface area contributed by atoms with Crippen LogP contribution in [0.4, 0.5) is 4.39 Å². The fourth-order valence-electron chi connectivity index (χ4n) is 3.68. The van der Waals surface area contributed by atoms with Crippen molar-refractivity contribution in [1.29, 1.82) is 0 Å². The van der Waals surface area contributed by atoms with Gasteiger partial charge in [-0.15, -0.1) is 0 Å². The summed E-state index contributed by atoms with van der Waals surface area (Å²) in [6.45, 7) is 2.50. The fraction of sp³-hybridized carbons (Fsp3) is 0.562. The molecule has 2 fully saturated rings. The van der Waals surface area contributed by atoms with Crippen LogP contribution in [0.5, 0.6) is 5.75 Å². The van der Waals surface area contributed by atoms with Gasteiger partial charge < -0.3 is 14.9 Å². The maximum absolute atomic E-state index is 13.8. The van der Waals surface area contributed by atoms with E-state index in [1.54, 1.807) is 4.90 Å². The number of phenolic OH excluding ortho intramolecular Hbond substituents is 1. The second-order valence-corrected chi connectivity index (χ2v) is 6.15. The standard InChI is InChI=1S/C16H21FN2O2/c1-18-7-2-3-11-10-19(8-6-15(11)18)16(21)13-5-4-12(20)9-14(13)17/h4-5,9,11,15,20H,2-3,6-8,10H2,1H3. The van der Waals surface area contributed by atoms with E-state index in [1.807, 2.05) is 0 Å². The lowest BCUT2D eigenvalue weighted by atomic mass is 9.84. The molecule has 2 heterocycles. The molecule has 3 rings (SSSR count). The number of nitrogens with zero attached hydrogens (tertiary/aromatic N) is 2. The Balaban J connectivity index is 1.74. The molecule has 0 aromatic heterocycles. The molecule has 114 valence electrons. The van der Waals surface area contributed by atoms with E-state index in [1.165, 1.54) is 12.1 Å². The van der Waals surface area contributed by atoms with E-state index in [0.717, 1.165) is 31.9 Å². The zero-order valence-corrected chi connectivity index (χ0v) is 12.3. The average molecular weight is 292 g/mol. The van der Waals surface area contributed by atoms with Crippen molar-refractivity contribution < 1.29 is 14.3 Å². The summed E-state index contributed by atoms with van der Waals surface area (Å²) in [5, 5.41) is 9.24. The molecular weight excluding hydrogens is 271 g/mol. The number of likely N-dealkylation sites (tertiary alicyclic amines) is 2. The zero-order valence-electron chi connectivity index (χ0n) is 12.3. The summed E-state index contributed by atoms with van der Waals surface area (Å²) >= 11 is 0. The molecule has 21 heavy (non-hydrogen) atoms. The summed E-state index contributed by atoms with van der Waals surface area (Å²) in [6.07, 6.45) is 3.25. The molecule has 0 saturated carbocycles. The summed E-state index contributed by atoms with van der Waals surface area (Å²) in [4.78, 5) is 16.6. The van der Waals surface area contributed by atoms with Gasteiger partial charge in [0, 0.05) is 25.2 Å². The van der Waals surface area contributed by atoms with Crippen LogP contribution in [0.15, 0.2) is 18.2 Å². The van der Waals surface area contributed by atoms with E-state index in [2.05, 4.69) is 11.9 Å². The SMILES string of the molecule is CN1CCCC2CN(C(=O)c3ccc(O)cc3F)CCC21. The number of benzene rings is 1. The minimum atomic E-state index is -0.650. The molecule has 0 spiro atoms. The summed E-state index contributed by atoms with van der Waals surface area (Å²) in [5.74, 6) is -0.583. The molecule has 0 aliphatic carbocycles. The van der Waals surface area contributed by atoms with Crippen LogP contribution in [0.2, 0.25) is 0 Å². The number of hydrogen-bond donors (Lipinski definition) is 1. The highest BCUT2D eigenvalue weighted by molar-refractivity contribution is 5.94. The van der Waals surface area contributed by atoms with Gasteiger partial charge >= 0.3 is 0 Å². The van der Waals surface area contributed by atoms with Crippen LogP contribution in [-0.4, -0.2) is 53.5 Å². The summed E-state index contributed by atoms with van der Waals surface area (Å²) in [7, 11) is 2.15. The van der Waals surface area contributed by atoms with Gasteiger partial charge in [0.05, 0.1) is 5.56 Å². The Bertz CT molecular complexity index is 549. The molecule has 2 aliphatic rings. The third-order valence-electron chi connectivity index (χ3n) is 4.82. The first-order valence-electron chi connectivity index (χ1n) is 7.54. The Morgan fingerprint density at radius 1 is 1.33 bits per heavy atom. The predicted molar refractivity (Wildman–Crippen MR) is 77.7 cm³/mol. The monoisotopic (exact) mass is 292 g/mol. The van der Waals surface area contributed by atoms with E-state index in [4.69, 9.17) is 0 Å². The van der Waals surface area contributed by atoms with Crippen LogP contribution < -0.4 is 0 Å². The third kappa shape index (κ3) is 2.75. The van der Waals surface area contributed by atoms with Gasteiger partial charge in [0.25, 0.3) is 5.91 Å². The molecule has 1 amide bonds. The quantitative estimate of drug-likeness (QED) is 0.862. The molecular formula is C16H21FN2O2. The van der Waals surface area contributed by atoms with Gasteiger partial charge in [-0.25, -0.2) is 4.39 Å². The fourth-order valence-corrected chi connectivity index (χ4v) is 3.68. The van der Waals surface area contributed by atoms with Gasteiger partial charge in [0.15, 0.2) is 0 Å². The maximum atomic E-state index is 13.8. The normalized spacial score (nSPS) is 26.5. The topological polar surface area (TPSA) is 43.8 Å². The van der Waals surface area contributed by atoms with Crippen molar-refractivity contribution in [3.05, 3.63) is 29.6 Å². The molecule has 2 unspecified atom stereocenters. The first-order valence-corrected chi connectivity index (χ1v) is 7.54. The van der Waals surface area contributed by atoms with E-state index in [9.17, 15) is 14.3 Å². The Morgan fingerprint density at radius 2 is 2.14 bits per heavy atom. The first kappa shape index (κ1) is 14.3. The number of fused-ring (bicyclic) bond motifs is 1. The van der Waals surface area contributed by atoms with Crippen molar-refractivity contribution in [3.63, 3.8) is 0 Å². The lowest BCUT2D eigenvalue weighted by Gasteiger charge is -2.46. The second-order valence-electron chi connectivity index (χ2n) is 6.15. The van der Waals surface area contributed by atoms with E-state index in [0.29, 0.717) is 25.0 Å². The predicted octanol–water partition coefficient (Wildman–Crippen LogP) is 2.09. The summed E-state index contributed by atoms with van der Waals surface area (Å²) in [5.41, 5.74) is 0.0513. The smallest absolute Gasteiger partial charge is 0.256 e. The van der Waals surface area contributed by atoms with Crippen molar-refractivity contribution >= 4 is 5.91 Å². The van der Waals surface area contributed by atoms with Crippen molar-refractivity contribution in [2.45, 2.75) is 25.3 Å². The number of aromatic hydroxyl groups is 1. The molecule has 2 atom stereocenters. The summed E-state index contributed by atoms with van der Waals surface area (Å²) in [6, 6.07) is 4.27. The Kier molecular flexibility index (Phi) is 3.85. The number of hydrogen-bond acceptors (Lipinski definition) is 3. The number of amides is 1. The summed E-state index contributed by atoms with van der Waals surface area (Å²) < 4.78 is 13.8. The molecule has 4 nitrogen and oxygen atoms in total. The van der Waals surface area contributed by atoms with Crippen molar-refractivity contribution in [3.8, 4) is 5.75 Å². The van der Waals surface area contributed by atoms with Gasteiger partial charge in [-0.2, -0.15) is 0 Å². The van der Waals surface area contributed by atoms with Gasteiger partial charge in [-0.1, -0.05) is 0 Å². The average Bonchev–Trinajstić information content (AvgIpc) is 2.46. The number of carbonyl (C=O) groups is 1. The van der Waals surface area contributed by atoms with Crippen LogP contribution in [0.1, 0.15) is 29.6 Å². The van der Waals surface area contributed by atoms with Gasteiger partial charge in [0.1, 0.15) is 11.6 Å². The molecule has 0 bridgehead atoms. The van der Waals surface area contributed by atoms with Crippen LogP contribution in [0, 0.1) is 11.7 Å². The Morgan fingerprint density at radius 3 is 2.90 bits per heavy atom. The lowest BCUT2D eigenvalue weighted by Crippen LogP contribution is -2.54. The van der Waals surface area contributed by atoms with Crippen molar-refractivity contribution in [2.75, 3.05) is 26.7 Å². The van der Waals surface area contributed by atoms with E-state index in [-0.39, 0.29) is 17.2 Å². The number of piperidine rings is 2. The van der Waals surface area contributed by atoms with Gasteiger partial charge in [0.2, 0.25) is 0 Å². The molecule has 2 saturated heterocycles. The molecule has 1 aromatic carbocycles. The van der Waals surface area contributed by atoms with Gasteiger partial charge in [-0.05, 0) is 50.9 Å². The molecule has 5 heteroatoms. The minimum absolute atomic E-state index is 0.0513. The Labute approximate surface area is 124 Å². The highest BCUT2D eigenvalue weighted by Gasteiger charge is 2.36. The molecule has 0 radical (unpaired) electrons. The van der Waals surface area contributed by atoms with Gasteiger partial charge in [-0.3, -0.25) is 4.79 Å². The van der Waals surface area contributed by atoms with Crippen molar-refractivity contribution in [1.82, 2.24) is 9.80 Å². The number of phenols is 1. The molecule has 1 N–H and O–H groups in total. The number of carbonyl (C=O) groups excluding carboxylic acids is 1. The molecule has 2 aliphatic heterocycles. The largest absolute Gasteiger partial charge is 0.508 e. The highest BCUT2D eigenvalue weighted by Crippen LogP contribution is 2.30.